The predicted molar refractivity (Wildman–Crippen MR) is 224 cm³/mol. The molecule has 0 saturated carbocycles. The van der Waals surface area contributed by atoms with E-state index in [1.165, 1.54) is 30.9 Å². The second-order valence-corrected chi connectivity index (χ2v) is 14.5. The van der Waals surface area contributed by atoms with Gasteiger partial charge in [0.05, 0.1) is 26.9 Å². The van der Waals surface area contributed by atoms with E-state index in [0.717, 1.165) is 55.6 Å². The molecule has 0 unspecified atom stereocenters. The largest absolute Gasteiger partial charge is 0.309 e. The highest BCUT2D eigenvalue weighted by molar-refractivity contribution is 7.26. The summed E-state index contributed by atoms with van der Waals surface area (Å²) in [4.78, 5) is 20.6. The van der Waals surface area contributed by atoms with Crippen LogP contribution in [0.2, 0.25) is 0 Å². The minimum atomic E-state index is 0.623. The quantitative estimate of drug-likeness (QED) is 0.179. The van der Waals surface area contributed by atoms with Crippen molar-refractivity contribution in [2.75, 3.05) is 0 Å². The van der Waals surface area contributed by atoms with Gasteiger partial charge in [0.2, 0.25) is 0 Å². The first-order valence-electron chi connectivity index (χ1n) is 18.0. The van der Waals surface area contributed by atoms with Gasteiger partial charge in [0.1, 0.15) is 0 Å². The first-order chi connectivity index (χ1) is 26.8. The Bertz CT molecular complexity index is 3170. The predicted octanol–water partition coefficient (Wildman–Crippen LogP) is 12.6. The zero-order valence-electron chi connectivity index (χ0n) is 28.9. The Morgan fingerprint density at radius 1 is 0.389 bits per heavy atom. The maximum Gasteiger partial charge on any atom is 0.164 e. The fraction of sp³-hybridized carbons (Fsp3) is 0. The lowest BCUT2D eigenvalue weighted by molar-refractivity contribution is 1.07. The minimum Gasteiger partial charge on any atom is -0.309 e. The molecular weight excluding hydrogens is 679 g/mol. The first-order valence-corrected chi connectivity index (χ1v) is 18.8. The molecule has 0 N–H and O–H groups in total. The van der Waals surface area contributed by atoms with E-state index < -0.39 is 0 Å². The molecule has 0 amide bonds. The van der Waals surface area contributed by atoms with Crippen LogP contribution in [0.4, 0.5) is 0 Å². The van der Waals surface area contributed by atoms with E-state index in [1.54, 1.807) is 11.3 Å². The van der Waals surface area contributed by atoms with Gasteiger partial charge in [0, 0.05) is 59.6 Å². The number of hydrogen-bond donors (Lipinski definition) is 0. The number of thiophene rings is 1. The highest BCUT2D eigenvalue weighted by Gasteiger charge is 2.19. The number of rotatable bonds is 5. The van der Waals surface area contributed by atoms with Gasteiger partial charge in [0.15, 0.2) is 17.5 Å². The highest BCUT2D eigenvalue weighted by Crippen LogP contribution is 2.44. The van der Waals surface area contributed by atoms with Crippen molar-refractivity contribution in [3.63, 3.8) is 0 Å². The molecule has 5 nitrogen and oxygen atoms in total. The SMILES string of the molecule is c1ccc(-c2nc(-c3cccc(-n4c5ccccc5c5ccccc54)c3)nc(-c3ccc4sc5c(-c6ccccc6)nc6ccccc6c5c4c3)n2)cc1. The highest BCUT2D eigenvalue weighted by atomic mass is 32.1. The second kappa shape index (κ2) is 12.3. The van der Waals surface area contributed by atoms with Crippen LogP contribution in [0.25, 0.3) is 104 Å². The van der Waals surface area contributed by atoms with Gasteiger partial charge in [-0.3, -0.25) is 0 Å². The molecule has 0 radical (unpaired) electrons. The third-order valence-corrected chi connectivity index (χ3v) is 11.4. The molecule has 0 aliphatic rings. The Balaban J connectivity index is 1.12. The van der Waals surface area contributed by atoms with Crippen molar-refractivity contribution in [3.05, 3.63) is 176 Å². The van der Waals surface area contributed by atoms with Crippen LogP contribution in [0.15, 0.2) is 176 Å². The molecule has 4 aromatic heterocycles. The van der Waals surface area contributed by atoms with Crippen LogP contribution in [0.5, 0.6) is 0 Å². The zero-order valence-corrected chi connectivity index (χ0v) is 29.7. The summed E-state index contributed by atoms with van der Waals surface area (Å²) in [6.07, 6.45) is 0. The summed E-state index contributed by atoms with van der Waals surface area (Å²) < 4.78 is 4.70. The van der Waals surface area contributed by atoms with Crippen molar-refractivity contribution in [1.82, 2.24) is 24.5 Å². The smallest absolute Gasteiger partial charge is 0.164 e. The summed E-state index contributed by atoms with van der Waals surface area (Å²) in [5, 5.41) is 5.96. The number of aromatic nitrogens is 5. The van der Waals surface area contributed by atoms with Gasteiger partial charge >= 0.3 is 0 Å². The third kappa shape index (κ3) is 4.92. The fourth-order valence-electron chi connectivity index (χ4n) is 7.75. The Morgan fingerprint density at radius 2 is 0.944 bits per heavy atom. The van der Waals surface area contributed by atoms with E-state index >= 15 is 0 Å². The average Bonchev–Trinajstić information content (AvgIpc) is 3.80. The average molecular weight is 708 g/mol. The molecule has 6 heteroatoms. The summed E-state index contributed by atoms with van der Waals surface area (Å²) in [6, 6.07) is 61.3. The molecule has 11 aromatic rings. The second-order valence-electron chi connectivity index (χ2n) is 13.5. The number of fused-ring (bicyclic) bond motifs is 8. The summed E-state index contributed by atoms with van der Waals surface area (Å²) >= 11 is 1.79. The molecule has 0 atom stereocenters. The monoisotopic (exact) mass is 707 g/mol. The fourth-order valence-corrected chi connectivity index (χ4v) is 8.96. The van der Waals surface area contributed by atoms with Crippen molar-refractivity contribution in [2.45, 2.75) is 0 Å². The summed E-state index contributed by atoms with van der Waals surface area (Å²) in [5.74, 6) is 1.89. The number of benzene rings is 7. The zero-order chi connectivity index (χ0) is 35.6. The van der Waals surface area contributed by atoms with Gasteiger partial charge in [-0.2, -0.15) is 0 Å². The van der Waals surface area contributed by atoms with Crippen molar-refractivity contribution in [1.29, 1.82) is 0 Å². The van der Waals surface area contributed by atoms with Crippen LogP contribution in [-0.4, -0.2) is 24.5 Å². The first kappa shape index (κ1) is 30.6. The number of para-hydroxylation sites is 3. The molecule has 0 fully saturated rings. The Kier molecular flexibility index (Phi) is 6.97. The Hall–Kier alpha value is -7.02. The van der Waals surface area contributed by atoms with Crippen LogP contribution < -0.4 is 0 Å². The number of nitrogens with zero attached hydrogens (tertiary/aromatic N) is 5. The lowest BCUT2D eigenvalue weighted by Crippen LogP contribution is -2.01. The summed E-state index contributed by atoms with van der Waals surface area (Å²) in [5.41, 5.74) is 9.25. The number of pyridine rings is 1. The van der Waals surface area contributed by atoms with Crippen LogP contribution >= 0.6 is 11.3 Å². The molecule has 11 rings (SSSR count). The Labute approximate surface area is 314 Å². The minimum absolute atomic E-state index is 0.623. The van der Waals surface area contributed by atoms with E-state index in [-0.39, 0.29) is 0 Å². The summed E-state index contributed by atoms with van der Waals surface area (Å²) in [7, 11) is 0. The molecule has 0 aliphatic heterocycles. The van der Waals surface area contributed by atoms with Gasteiger partial charge < -0.3 is 4.57 Å². The maximum atomic E-state index is 5.20. The summed E-state index contributed by atoms with van der Waals surface area (Å²) in [6.45, 7) is 0. The number of hydrogen-bond acceptors (Lipinski definition) is 5. The van der Waals surface area contributed by atoms with Crippen LogP contribution in [0, 0.1) is 0 Å². The van der Waals surface area contributed by atoms with Gasteiger partial charge in [-0.05, 0) is 48.5 Å². The van der Waals surface area contributed by atoms with Crippen LogP contribution in [-0.2, 0) is 0 Å². The van der Waals surface area contributed by atoms with Crippen molar-refractivity contribution >= 4 is 64.2 Å². The van der Waals surface area contributed by atoms with Crippen LogP contribution in [0.3, 0.4) is 0 Å². The Morgan fingerprint density at radius 3 is 1.65 bits per heavy atom. The molecule has 0 saturated heterocycles. The van der Waals surface area contributed by atoms with Crippen molar-refractivity contribution in [3.8, 4) is 51.1 Å². The molecule has 4 heterocycles. The molecule has 252 valence electrons. The van der Waals surface area contributed by atoms with Crippen LogP contribution in [0.1, 0.15) is 0 Å². The lowest BCUT2D eigenvalue weighted by atomic mass is 10.0. The van der Waals surface area contributed by atoms with Gasteiger partial charge in [-0.15, -0.1) is 11.3 Å². The molecule has 0 aliphatic carbocycles. The van der Waals surface area contributed by atoms with Crippen molar-refractivity contribution in [2.24, 2.45) is 0 Å². The van der Waals surface area contributed by atoms with E-state index in [2.05, 4.69) is 156 Å². The van der Waals surface area contributed by atoms with Crippen molar-refractivity contribution < 1.29 is 0 Å². The third-order valence-electron chi connectivity index (χ3n) is 10.2. The normalized spacial score (nSPS) is 11.7. The molecular formula is C48H29N5S. The standard InChI is InChI=1S/C48H29N5S/c1-3-14-30(15-4-1)44-45-43(37-22-7-10-23-39(37)49-44)38-29-33(26-27-42(38)54-45)48-51-46(31-16-5-2-6-17-31)50-47(52-48)32-18-13-19-34(28-32)53-40-24-11-8-20-35(40)36-21-9-12-25-41(36)53/h1-29H. The van der Waals surface area contributed by atoms with Gasteiger partial charge in [-0.1, -0.05) is 127 Å². The van der Waals surface area contributed by atoms with E-state index in [0.29, 0.717) is 17.5 Å². The topological polar surface area (TPSA) is 56.5 Å². The molecule has 0 bridgehead atoms. The van der Waals surface area contributed by atoms with Gasteiger partial charge in [0.25, 0.3) is 0 Å². The van der Waals surface area contributed by atoms with E-state index in [1.807, 2.05) is 24.3 Å². The lowest BCUT2D eigenvalue weighted by Gasteiger charge is -2.11. The molecule has 7 aromatic carbocycles. The van der Waals surface area contributed by atoms with E-state index in [4.69, 9.17) is 19.9 Å². The van der Waals surface area contributed by atoms with E-state index in [9.17, 15) is 0 Å². The maximum absolute atomic E-state index is 5.20. The van der Waals surface area contributed by atoms with Gasteiger partial charge in [-0.25, -0.2) is 19.9 Å². The molecule has 0 spiro atoms. The molecule has 54 heavy (non-hydrogen) atoms.